The van der Waals surface area contributed by atoms with E-state index in [2.05, 4.69) is 0 Å². The van der Waals surface area contributed by atoms with Crippen LogP contribution < -0.4 is 11.2 Å². The molecule has 7 heteroatoms. The summed E-state index contributed by atoms with van der Waals surface area (Å²) in [6, 6.07) is 4.49. The minimum absolute atomic E-state index is 0.132. The zero-order valence-corrected chi connectivity index (χ0v) is 12.6. The summed E-state index contributed by atoms with van der Waals surface area (Å²) in [4.78, 5) is 10.7. The van der Waals surface area contributed by atoms with Crippen molar-refractivity contribution in [2.75, 3.05) is 0 Å². The fraction of sp³-hybridized carbons (Fsp3) is 0.500. The topological polar surface area (TPSA) is 70.8 Å². The quantitative estimate of drug-likeness (QED) is 0.862. The van der Waals surface area contributed by atoms with Crippen LogP contribution in [0.5, 0.6) is 0 Å². The van der Waals surface area contributed by atoms with Crippen molar-refractivity contribution in [2.24, 2.45) is 5.73 Å². The maximum Gasteiger partial charge on any atom is 0.498 e. The van der Waals surface area contributed by atoms with Crippen LogP contribution in [0.15, 0.2) is 18.2 Å². The Morgan fingerprint density at radius 3 is 2.38 bits per heavy atom. The van der Waals surface area contributed by atoms with E-state index in [1.54, 1.807) is 6.07 Å². The van der Waals surface area contributed by atoms with E-state index in [-0.39, 0.29) is 12.1 Å². The summed E-state index contributed by atoms with van der Waals surface area (Å²) in [6.07, 6.45) is -0.917. The van der Waals surface area contributed by atoms with Crippen molar-refractivity contribution in [2.45, 2.75) is 45.5 Å². The predicted octanol–water partition coefficient (Wildman–Crippen LogP) is 1.72. The summed E-state index contributed by atoms with van der Waals surface area (Å²) in [6.45, 7) is 7.40. The van der Waals surface area contributed by atoms with E-state index in [9.17, 15) is 9.18 Å². The smallest absolute Gasteiger partial charge is 0.445 e. The number of halogens is 1. The minimum Gasteiger partial charge on any atom is -0.445 e. The molecule has 0 spiro atoms. The SMILES string of the molecule is CC1(C)OB(c2c(F)cccc2COC(N)=O)OC1(C)C. The molecule has 1 fully saturated rings. The van der Waals surface area contributed by atoms with Crippen LogP contribution in [0.2, 0.25) is 0 Å². The summed E-state index contributed by atoms with van der Waals surface area (Å²) in [7, 11) is -0.859. The molecule has 1 aromatic carbocycles. The number of ether oxygens (including phenoxy) is 1. The molecule has 0 atom stereocenters. The number of carbonyl (C=O) groups is 1. The lowest BCUT2D eigenvalue weighted by molar-refractivity contribution is 0.00578. The lowest BCUT2D eigenvalue weighted by atomic mass is 9.75. The van der Waals surface area contributed by atoms with Crippen molar-refractivity contribution in [3.05, 3.63) is 29.6 Å². The molecular formula is C14H19BFNO4. The van der Waals surface area contributed by atoms with Gasteiger partial charge in [-0.05, 0) is 39.3 Å². The van der Waals surface area contributed by atoms with Crippen LogP contribution in [0.1, 0.15) is 33.3 Å². The summed E-state index contributed by atoms with van der Waals surface area (Å²) in [5, 5.41) is 0. The monoisotopic (exact) mass is 295 g/mol. The van der Waals surface area contributed by atoms with Crippen molar-refractivity contribution in [1.82, 2.24) is 0 Å². The molecular weight excluding hydrogens is 276 g/mol. The van der Waals surface area contributed by atoms with Gasteiger partial charge >= 0.3 is 13.2 Å². The number of benzene rings is 1. The molecule has 0 saturated carbocycles. The number of carbonyl (C=O) groups excluding carboxylic acids is 1. The maximum absolute atomic E-state index is 14.2. The van der Waals surface area contributed by atoms with Gasteiger partial charge in [-0.25, -0.2) is 9.18 Å². The van der Waals surface area contributed by atoms with Crippen molar-refractivity contribution in [3.63, 3.8) is 0 Å². The van der Waals surface area contributed by atoms with E-state index in [0.717, 1.165) is 0 Å². The first-order chi connectivity index (χ1) is 9.64. The van der Waals surface area contributed by atoms with E-state index in [4.69, 9.17) is 19.8 Å². The third-order valence-electron chi connectivity index (χ3n) is 4.00. The Morgan fingerprint density at radius 2 is 1.86 bits per heavy atom. The molecule has 0 aromatic heterocycles. The number of hydrogen-bond acceptors (Lipinski definition) is 4. The van der Waals surface area contributed by atoms with Gasteiger partial charge in [0.05, 0.1) is 11.2 Å². The molecule has 114 valence electrons. The molecule has 1 aliphatic heterocycles. The maximum atomic E-state index is 14.2. The van der Waals surface area contributed by atoms with E-state index >= 15 is 0 Å². The van der Waals surface area contributed by atoms with Gasteiger partial charge in [0.25, 0.3) is 0 Å². The van der Waals surface area contributed by atoms with Gasteiger partial charge in [-0.2, -0.15) is 0 Å². The van der Waals surface area contributed by atoms with Gasteiger partial charge in [-0.15, -0.1) is 0 Å². The van der Waals surface area contributed by atoms with Gasteiger partial charge < -0.3 is 19.8 Å². The van der Waals surface area contributed by atoms with Crippen molar-refractivity contribution in [3.8, 4) is 0 Å². The zero-order chi connectivity index (χ0) is 15.8. The first-order valence-electron chi connectivity index (χ1n) is 6.69. The first-order valence-corrected chi connectivity index (χ1v) is 6.69. The average molecular weight is 295 g/mol. The third kappa shape index (κ3) is 3.03. The zero-order valence-electron chi connectivity index (χ0n) is 12.6. The van der Waals surface area contributed by atoms with Crippen LogP contribution in [-0.4, -0.2) is 24.4 Å². The highest BCUT2D eigenvalue weighted by Crippen LogP contribution is 2.36. The fourth-order valence-corrected chi connectivity index (χ4v) is 2.08. The number of hydrogen-bond donors (Lipinski definition) is 1. The Morgan fingerprint density at radius 1 is 1.29 bits per heavy atom. The molecule has 1 saturated heterocycles. The molecule has 0 unspecified atom stereocenters. The van der Waals surface area contributed by atoms with Crippen LogP contribution >= 0.6 is 0 Å². The van der Waals surface area contributed by atoms with E-state index in [1.807, 2.05) is 27.7 Å². The van der Waals surface area contributed by atoms with Crippen LogP contribution in [0.4, 0.5) is 9.18 Å². The molecule has 0 radical (unpaired) electrons. The number of nitrogens with two attached hydrogens (primary N) is 1. The Hall–Kier alpha value is -1.60. The number of primary amides is 1. The van der Waals surface area contributed by atoms with Gasteiger partial charge in [0.15, 0.2) is 0 Å². The second-order valence-corrected chi connectivity index (χ2v) is 6.01. The second-order valence-electron chi connectivity index (χ2n) is 6.01. The summed E-state index contributed by atoms with van der Waals surface area (Å²) in [5.41, 5.74) is 4.49. The Kier molecular flexibility index (Phi) is 3.99. The van der Waals surface area contributed by atoms with Crippen molar-refractivity contribution in [1.29, 1.82) is 0 Å². The standard InChI is InChI=1S/C14H19BFNO4/c1-13(2)14(3,4)21-15(20-13)11-9(8-19-12(17)18)6-5-7-10(11)16/h5-7H,8H2,1-4H3,(H2,17,18). The largest absolute Gasteiger partial charge is 0.498 e. The van der Waals surface area contributed by atoms with Crippen molar-refractivity contribution < 1.29 is 23.2 Å². The minimum atomic E-state index is -0.917. The van der Waals surface area contributed by atoms with Gasteiger partial charge in [0.2, 0.25) is 0 Å². The number of rotatable bonds is 3. The van der Waals surface area contributed by atoms with E-state index in [1.165, 1.54) is 12.1 Å². The molecule has 1 amide bonds. The lowest BCUT2D eigenvalue weighted by Crippen LogP contribution is -2.41. The summed E-state index contributed by atoms with van der Waals surface area (Å²) in [5.74, 6) is -0.473. The molecule has 1 aromatic rings. The van der Waals surface area contributed by atoms with Crippen LogP contribution in [0.25, 0.3) is 0 Å². The fourth-order valence-electron chi connectivity index (χ4n) is 2.08. The lowest BCUT2D eigenvalue weighted by Gasteiger charge is -2.32. The molecule has 21 heavy (non-hydrogen) atoms. The Labute approximate surface area is 123 Å². The number of amides is 1. The average Bonchev–Trinajstić information content (AvgIpc) is 2.55. The Bertz CT molecular complexity index is 546. The third-order valence-corrected chi connectivity index (χ3v) is 4.00. The predicted molar refractivity (Wildman–Crippen MR) is 76.5 cm³/mol. The van der Waals surface area contributed by atoms with Gasteiger partial charge in [-0.1, -0.05) is 12.1 Å². The molecule has 2 N–H and O–H groups in total. The second kappa shape index (κ2) is 5.31. The highest BCUT2D eigenvalue weighted by molar-refractivity contribution is 6.62. The molecule has 1 aliphatic rings. The highest BCUT2D eigenvalue weighted by atomic mass is 19.1. The molecule has 0 bridgehead atoms. The van der Waals surface area contributed by atoms with Gasteiger partial charge in [-0.3, -0.25) is 0 Å². The van der Waals surface area contributed by atoms with E-state index in [0.29, 0.717) is 5.56 Å². The highest BCUT2D eigenvalue weighted by Gasteiger charge is 2.53. The van der Waals surface area contributed by atoms with Crippen molar-refractivity contribution >= 4 is 18.7 Å². The molecule has 5 nitrogen and oxygen atoms in total. The van der Waals surface area contributed by atoms with Gasteiger partial charge in [0, 0.05) is 5.46 Å². The normalized spacial score (nSPS) is 19.6. The Balaban J connectivity index is 2.34. The van der Waals surface area contributed by atoms with Crippen LogP contribution in [-0.2, 0) is 20.7 Å². The van der Waals surface area contributed by atoms with Crippen LogP contribution in [0, 0.1) is 5.82 Å². The molecule has 2 rings (SSSR count). The van der Waals surface area contributed by atoms with Gasteiger partial charge in [0.1, 0.15) is 12.4 Å². The van der Waals surface area contributed by atoms with Crippen LogP contribution in [0.3, 0.4) is 0 Å². The van der Waals surface area contributed by atoms with E-state index < -0.39 is 30.2 Å². The summed E-state index contributed by atoms with van der Waals surface area (Å²) >= 11 is 0. The summed E-state index contributed by atoms with van der Waals surface area (Å²) < 4.78 is 30.6. The first kappa shape index (κ1) is 15.8. The molecule has 1 heterocycles. The molecule has 0 aliphatic carbocycles.